The molecule has 2 nitrogen and oxygen atoms in total. The lowest BCUT2D eigenvalue weighted by Crippen LogP contribution is -1.96. The third-order valence-electron chi connectivity index (χ3n) is 4.11. The fourth-order valence-corrected chi connectivity index (χ4v) is 4.07. The van der Waals surface area contributed by atoms with Gasteiger partial charge in [-0.05, 0) is 17.7 Å². The van der Waals surface area contributed by atoms with Gasteiger partial charge in [0.05, 0.1) is 4.88 Å². The molecule has 3 heteroatoms. The summed E-state index contributed by atoms with van der Waals surface area (Å²) in [5, 5.41) is 1.08. The van der Waals surface area contributed by atoms with Crippen LogP contribution in [0.15, 0.2) is 78.9 Å². The molecule has 1 aromatic heterocycles. The monoisotopic (exact) mass is 344 g/mol. The normalized spacial score (nSPS) is 10.7. The molecule has 0 radical (unpaired) electrons. The number of hydrogen-bond acceptors (Lipinski definition) is 3. The average Bonchev–Trinajstić information content (AvgIpc) is 3.05. The zero-order valence-electron chi connectivity index (χ0n) is 13.5. The highest BCUT2D eigenvalue weighted by Crippen LogP contribution is 2.45. The summed E-state index contributed by atoms with van der Waals surface area (Å²) in [7, 11) is 0. The summed E-state index contributed by atoms with van der Waals surface area (Å²) in [5.41, 5.74) is 2.72. The lowest BCUT2D eigenvalue weighted by atomic mass is 10.1. The Morgan fingerprint density at radius 2 is 1.56 bits per heavy atom. The van der Waals surface area contributed by atoms with Crippen molar-refractivity contribution >= 4 is 27.7 Å². The van der Waals surface area contributed by atoms with Gasteiger partial charge in [-0.25, -0.2) is 0 Å². The maximum absolute atomic E-state index is 11.5. The lowest BCUT2D eigenvalue weighted by molar-refractivity contribution is 0.112. The molecule has 1 heterocycles. The molecule has 0 bridgehead atoms. The van der Waals surface area contributed by atoms with Gasteiger partial charge >= 0.3 is 0 Å². The molecule has 4 aromatic rings. The topological polar surface area (TPSA) is 26.3 Å². The van der Waals surface area contributed by atoms with E-state index in [1.807, 2.05) is 66.7 Å². The maximum atomic E-state index is 11.5. The van der Waals surface area contributed by atoms with Crippen LogP contribution in [0.1, 0.15) is 15.9 Å². The minimum atomic E-state index is 0.498. The molecule has 0 fully saturated rings. The Morgan fingerprint density at radius 3 is 2.40 bits per heavy atom. The smallest absolute Gasteiger partial charge is 0.150 e. The van der Waals surface area contributed by atoms with Gasteiger partial charge in [-0.3, -0.25) is 4.79 Å². The van der Waals surface area contributed by atoms with Crippen molar-refractivity contribution in [2.75, 3.05) is 0 Å². The third-order valence-corrected chi connectivity index (χ3v) is 5.29. The first-order valence-corrected chi connectivity index (χ1v) is 8.91. The van der Waals surface area contributed by atoms with Gasteiger partial charge in [0.25, 0.3) is 0 Å². The van der Waals surface area contributed by atoms with Crippen LogP contribution in [0.3, 0.4) is 0 Å². The summed E-state index contributed by atoms with van der Waals surface area (Å²) in [6.45, 7) is 0.498. The summed E-state index contributed by atoms with van der Waals surface area (Å²) < 4.78 is 7.38. The molecule has 0 saturated carbocycles. The number of carbonyl (C=O) groups excluding carboxylic acids is 1. The van der Waals surface area contributed by atoms with Crippen molar-refractivity contribution in [2.24, 2.45) is 0 Å². The van der Waals surface area contributed by atoms with Crippen LogP contribution >= 0.6 is 11.3 Å². The Labute approximate surface area is 150 Å². The van der Waals surface area contributed by atoms with Crippen molar-refractivity contribution in [1.29, 1.82) is 0 Å². The predicted molar refractivity (Wildman–Crippen MR) is 103 cm³/mol. The third kappa shape index (κ3) is 3.06. The Balaban J connectivity index is 1.82. The van der Waals surface area contributed by atoms with Gasteiger partial charge in [0.15, 0.2) is 6.29 Å². The zero-order valence-corrected chi connectivity index (χ0v) is 14.3. The number of benzene rings is 3. The largest absolute Gasteiger partial charge is 0.487 e. The standard InChI is InChI=1S/C22H16O2S/c23-14-17-10-4-5-11-18(17)22-21(19-12-6-7-13-20(19)25-22)24-15-16-8-2-1-3-9-16/h1-14H,15H2. The first-order valence-electron chi connectivity index (χ1n) is 8.09. The molecule has 122 valence electrons. The van der Waals surface area contributed by atoms with Crippen LogP contribution in [0, 0.1) is 0 Å². The van der Waals surface area contributed by atoms with Crippen molar-refractivity contribution in [1.82, 2.24) is 0 Å². The number of fused-ring (bicyclic) bond motifs is 1. The van der Waals surface area contributed by atoms with Crippen LogP contribution in [-0.4, -0.2) is 6.29 Å². The van der Waals surface area contributed by atoms with Gasteiger partial charge in [-0.1, -0.05) is 66.7 Å². The number of ether oxygens (including phenoxy) is 1. The number of hydrogen-bond donors (Lipinski definition) is 0. The van der Waals surface area contributed by atoms with Gasteiger partial charge in [-0.2, -0.15) is 0 Å². The molecule has 0 amide bonds. The Morgan fingerprint density at radius 1 is 0.840 bits per heavy atom. The van der Waals surface area contributed by atoms with Gasteiger partial charge in [0, 0.05) is 21.2 Å². The van der Waals surface area contributed by atoms with E-state index >= 15 is 0 Å². The highest BCUT2D eigenvalue weighted by atomic mass is 32.1. The highest BCUT2D eigenvalue weighted by molar-refractivity contribution is 7.22. The number of carbonyl (C=O) groups is 1. The summed E-state index contributed by atoms with van der Waals surface area (Å²) in [6.07, 6.45) is 0.903. The van der Waals surface area contributed by atoms with Crippen molar-refractivity contribution in [2.45, 2.75) is 6.61 Å². The zero-order chi connectivity index (χ0) is 17.1. The van der Waals surface area contributed by atoms with Crippen LogP contribution in [0.2, 0.25) is 0 Å². The molecule has 0 saturated heterocycles. The SMILES string of the molecule is O=Cc1ccccc1-c1sc2ccccc2c1OCc1ccccc1. The van der Waals surface area contributed by atoms with Crippen LogP contribution in [-0.2, 0) is 6.61 Å². The number of rotatable bonds is 5. The van der Waals surface area contributed by atoms with E-state index in [1.54, 1.807) is 11.3 Å². The molecule has 0 N–H and O–H groups in total. The van der Waals surface area contributed by atoms with Gasteiger partial charge < -0.3 is 4.74 Å². The van der Waals surface area contributed by atoms with E-state index in [2.05, 4.69) is 12.1 Å². The Bertz CT molecular complexity index is 1020. The van der Waals surface area contributed by atoms with Crippen molar-refractivity contribution < 1.29 is 9.53 Å². The molecular formula is C22H16O2S. The summed E-state index contributed by atoms with van der Waals surface area (Å²) >= 11 is 1.66. The molecular weight excluding hydrogens is 328 g/mol. The van der Waals surface area contributed by atoms with E-state index in [0.29, 0.717) is 12.2 Å². The van der Waals surface area contributed by atoms with Crippen LogP contribution in [0.4, 0.5) is 0 Å². The first kappa shape index (κ1) is 15.6. The van der Waals surface area contributed by atoms with Crippen molar-refractivity contribution in [3.05, 3.63) is 90.0 Å². The quantitative estimate of drug-likeness (QED) is 0.418. The molecule has 3 aromatic carbocycles. The molecule has 0 aliphatic carbocycles. The summed E-state index contributed by atoms with van der Waals surface area (Å²) in [6, 6.07) is 25.9. The second-order valence-electron chi connectivity index (χ2n) is 5.74. The Hall–Kier alpha value is -2.91. The van der Waals surface area contributed by atoms with Crippen LogP contribution in [0.5, 0.6) is 5.75 Å². The van der Waals surface area contributed by atoms with E-state index in [9.17, 15) is 4.79 Å². The second-order valence-corrected chi connectivity index (χ2v) is 6.79. The molecule has 4 rings (SSSR count). The van der Waals surface area contributed by atoms with E-state index in [1.165, 1.54) is 0 Å². The summed E-state index contributed by atoms with van der Waals surface area (Å²) in [5.74, 6) is 0.846. The first-order chi connectivity index (χ1) is 12.4. The Kier molecular flexibility index (Phi) is 4.32. The van der Waals surface area contributed by atoms with E-state index in [0.717, 1.165) is 38.1 Å². The second kappa shape index (κ2) is 6.91. The fraction of sp³-hybridized carbons (Fsp3) is 0.0455. The molecule has 0 atom stereocenters. The van der Waals surface area contributed by atoms with Gasteiger partial charge in [0.2, 0.25) is 0 Å². The fourth-order valence-electron chi connectivity index (χ4n) is 2.88. The van der Waals surface area contributed by atoms with Gasteiger partial charge in [-0.15, -0.1) is 11.3 Å². The number of thiophene rings is 1. The maximum Gasteiger partial charge on any atom is 0.150 e. The van der Waals surface area contributed by atoms with E-state index in [-0.39, 0.29) is 0 Å². The van der Waals surface area contributed by atoms with Crippen molar-refractivity contribution in [3.63, 3.8) is 0 Å². The molecule has 0 aliphatic heterocycles. The van der Waals surface area contributed by atoms with Crippen molar-refractivity contribution in [3.8, 4) is 16.2 Å². The van der Waals surface area contributed by atoms with Crippen LogP contribution < -0.4 is 4.74 Å². The molecule has 0 aliphatic rings. The molecule has 0 spiro atoms. The van der Waals surface area contributed by atoms with Crippen LogP contribution in [0.25, 0.3) is 20.5 Å². The lowest BCUT2D eigenvalue weighted by Gasteiger charge is -2.10. The highest BCUT2D eigenvalue weighted by Gasteiger charge is 2.17. The van der Waals surface area contributed by atoms with Gasteiger partial charge in [0.1, 0.15) is 12.4 Å². The summed E-state index contributed by atoms with van der Waals surface area (Å²) in [4.78, 5) is 12.5. The number of aldehydes is 1. The minimum Gasteiger partial charge on any atom is -0.487 e. The average molecular weight is 344 g/mol. The molecule has 0 unspecified atom stereocenters. The van der Waals surface area contributed by atoms with E-state index < -0.39 is 0 Å². The van der Waals surface area contributed by atoms with E-state index in [4.69, 9.17) is 4.74 Å². The molecule has 25 heavy (non-hydrogen) atoms. The minimum absolute atomic E-state index is 0.498. The predicted octanol–water partition coefficient (Wildman–Crippen LogP) is 5.96.